The number of halogens is 2. The van der Waals surface area contributed by atoms with E-state index in [-0.39, 0.29) is 6.10 Å². The lowest BCUT2D eigenvalue weighted by molar-refractivity contribution is 0.0749. The first-order chi connectivity index (χ1) is 12.0. The molecule has 134 valence electrons. The highest BCUT2D eigenvalue weighted by Crippen LogP contribution is 2.40. The van der Waals surface area contributed by atoms with E-state index in [2.05, 4.69) is 21.8 Å². The number of anilines is 2. The summed E-state index contributed by atoms with van der Waals surface area (Å²) in [6.07, 6.45) is 1.61. The van der Waals surface area contributed by atoms with Gasteiger partial charge >= 0.3 is 0 Å². The molecule has 1 unspecified atom stereocenters. The zero-order valence-electron chi connectivity index (χ0n) is 14.6. The Hall–Kier alpha value is -1.56. The molecular weight excluding hydrogens is 361 g/mol. The molecule has 0 fully saturated rings. The van der Waals surface area contributed by atoms with Crippen LogP contribution in [-0.4, -0.2) is 36.3 Å². The monoisotopic (exact) mass is 381 g/mol. The highest BCUT2D eigenvalue weighted by molar-refractivity contribution is 6.36. The molecule has 0 N–H and O–H groups in total. The number of nitrogens with zero attached hydrogens (tertiary/aromatic N) is 3. The number of methoxy groups -OCH3 is 1. The van der Waals surface area contributed by atoms with Crippen LogP contribution in [0.4, 0.5) is 11.5 Å². The average molecular weight is 382 g/mol. The number of hydrogen-bond donors (Lipinski definition) is 0. The summed E-state index contributed by atoms with van der Waals surface area (Å²) < 4.78 is 11.3. The van der Waals surface area contributed by atoms with Crippen LogP contribution in [0.25, 0.3) is 0 Å². The van der Waals surface area contributed by atoms with Gasteiger partial charge in [0, 0.05) is 18.7 Å². The Kier molecular flexibility index (Phi) is 5.67. The summed E-state index contributed by atoms with van der Waals surface area (Å²) in [5, 5.41) is 1.21. The molecule has 3 rings (SSSR count). The molecular formula is C18H21Cl2N3O2. The normalized spacial score (nSPS) is 14.5. The van der Waals surface area contributed by atoms with E-state index in [1.54, 1.807) is 13.2 Å². The molecule has 5 nitrogen and oxygen atoms in total. The van der Waals surface area contributed by atoms with Crippen LogP contribution in [0.15, 0.2) is 18.2 Å². The summed E-state index contributed by atoms with van der Waals surface area (Å²) >= 11 is 12.4. The largest absolute Gasteiger partial charge is 0.472 e. The van der Waals surface area contributed by atoms with Gasteiger partial charge in [-0.05, 0) is 38.0 Å². The lowest BCUT2D eigenvalue weighted by Gasteiger charge is -2.21. The summed E-state index contributed by atoms with van der Waals surface area (Å²) in [6.45, 7) is 5.23. The van der Waals surface area contributed by atoms with Crippen LogP contribution < -0.4 is 9.64 Å². The van der Waals surface area contributed by atoms with E-state index >= 15 is 0 Å². The molecule has 2 heterocycles. The molecule has 0 radical (unpaired) electrons. The Morgan fingerprint density at radius 1 is 1.28 bits per heavy atom. The fourth-order valence-electron chi connectivity index (χ4n) is 2.94. The fourth-order valence-corrected chi connectivity index (χ4v) is 3.45. The van der Waals surface area contributed by atoms with Crippen LogP contribution in [0, 0.1) is 6.92 Å². The number of fused-ring (bicyclic) bond motifs is 1. The SMILES string of the molecule is CCC(COC)Oc1nc(C)nc2c1CCN2c1ccc(Cl)cc1Cl. The third kappa shape index (κ3) is 3.84. The van der Waals surface area contributed by atoms with Gasteiger partial charge in [0.05, 0.1) is 22.9 Å². The predicted octanol–water partition coefficient (Wildman–Crippen LogP) is 4.59. The van der Waals surface area contributed by atoms with E-state index < -0.39 is 0 Å². The van der Waals surface area contributed by atoms with Gasteiger partial charge in [0.15, 0.2) is 0 Å². The zero-order valence-corrected chi connectivity index (χ0v) is 16.1. The number of aromatic nitrogens is 2. The Bertz CT molecular complexity index is 770. The second kappa shape index (κ2) is 7.77. The van der Waals surface area contributed by atoms with Crippen molar-refractivity contribution in [3.8, 4) is 5.88 Å². The first-order valence-corrected chi connectivity index (χ1v) is 9.04. The van der Waals surface area contributed by atoms with Gasteiger partial charge in [0.2, 0.25) is 5.88 Å². The van der Waals surface area contributed by atoms with Crippen molar-refractivity contribution < 1.29 is 9.47 Å². The van der Waals surface area contributed by atoms with E-state index in [0.29, 0.717) is 28.4 Å². The van der Waals surface area contributed by atoms with Crippen molar-refractivity contribution in [3.05, 3.63) is 39.6 Å². The maximum Gasteiger partial charge on any atom is 0.222 e. The van der Waals surface area contributed by atoms with Crippen molar-refractivity contribution in [3.63, 3.8) is 0 Å². The molecule has 0 aliphatic carbocycles. The minimum Gasteiger partial charge on any atom is -0.472 e. The number of aryl methyl sites for hydroxylation is 1. The fraction of sp³-hybridized carbons (Fsp3) is 0.444. The third-order valence-electron chi connectivity index (χ3n) is 4.19. The Balaban J connectivity index is 1.97. The van der Waals surface area contributed by atoms with Crippen molar-refractivity contribution >= 4 is 34.7 Å². The van der Waals surface area contributed by atoms with E-state index in [1.165, 1.54) is 0 Å². The molecule has 0 bridgehead atoms. The minimum absolute atomic E-state index is 0.0310. The van der Waals surface area contributed by atoms with Crippen molar-refractivity contribution in [2.24, 2.45) is 0 Å². The van der Waals surface area contributed by atoms with E-state index in [0.717, 1.165) is 36.5 Å². The molecule has 25 heavy (non-hydrogen) atoms. The average Bonchev–Trinajstić information content (AvgIpc) is 2.98. The molecule has 1 aliphatic rings. The molecule has 0 spiro atoms. The van der Waals surface area contributed by atoms with E-state index in [1.807, 2.05) is 19.1 Å². The van der Waals surface area contributed by atoms with Gasteiger partial charge in [-0.1, -0.05) is 30.1 Å². The minimum atomic E-state index is -0.0310. The molecule has 7 heteroatoms. The van der Waals surface area contributed by atoms with Gasteiger partial charge < -0.3 is 14.4 Å². The molecule has 1 aliphatic heterocycles. The summed E-state index contributed by atoms with van der Waals surface area (Å²) in [7, 11) is 1.67. The standard InChI is InChI=1S/C18H21Cl2N3O2/c1-4-13(10-24-3)25-18-14-7-8-23(17(14)21-11(2)22-18)16-6-5-12(19)9-15(16)20/h5-6,9,13H,4,7-8,10H2,1-3H3. The van der Waals surface area contributed by atoms with Crippen molar-refractivity contribution in [1.82, 2.24) is 9.97 Å². The lowest BCUT2D eigenvalue weighted by atomic mass is 10.2. The maximum atomic E-state index is 6.39. The summed E-state index contributed by atoms with van der Waals surface area (Å²) in [4.78, 5) is 11.2. The van der Waals surface area contributed by atoms with Crippen molar-refractivity contribution in [1.29, 1.82) is 0 Å². The van der Waals surface area contributed by atoms with Gasteiger partial charge in [-0.25, -0.2) is 4.98 Å². The third-order valence-corrected chi connectivity index (χ3v) is 4.72. The predicted molar refractivity (Wildman–Crippen MR) is 101 cm³/mol. The van der Waals surface area contributed by atoms with Gasteiger partial charge in [0.1, 0.15) is 17.7 Å². The summed E-state index contributed by atoms with van der Waals surface area (Å²) in [5.41, 5.74) is 1.89. The van der Waals surface area contributed by atoms with Crippen LogP contribution in [0.3, 0.4) is 0 Å². The first-order valence-electron chi connectivity index (χ1n) is 8.29. The van der Waals surface area contributed by atoms with Gasteiger partial charge in [-0.15, -0.1) is 0 Å². The number of ether oxygens (including phenoxy) is 2. The maximum absolute atomic E-state index is 6.39. The van der Waals surface area contributed by atoms with E-state index in [9.17, 15) is 0 Å². The van der Waals surface area contributed by atoms with Gasteiger partial charge in [-0.3, -0.25) is 0 Å². The van der Waals surface area contributed by atoms with Gasteiger partial charge in [0.25, 0.3) is 0 Å². The molecule has 0 saturated carbocycles. The van der Waals surface area contributed by atoms with Gasteiger partial charge in [-0.2, -0.15) is 4.98 Å². The second-order valence-electron chi connectivity index (χ2n) is 5.98. The molecule has 1 aromatic carbocycles. The number of benzene rings is 1. The Labute approximate surface area is 157 Å². The quantitative estimate of drug-likeness (QED) is 0.731. The second-order valence-corrected chi connectivity index (χ2v) is 6.82. The highest BCUT2D eigenvalue weighted by atomic mass is 35.5. The highest BCUT2D eigenvalue weighted by Gasteiger charge is 2.29. The van der Waals surface area contributed by atoms with Crippen LogP contribution >= 0.6 is 23.2 Å². The van der Waals surface area contributed by atoms with E-state index in [4.69, 9.17) is 32.7 Å². The Morgan fingerprint density at radius 3 is 2.76 bits per heavy atom. The number of hydrogen-bond acceptors (Lipinski definition) is 5. The van der Waals surface area contributed by atoms with Crippen LogP contribution in [0.5, 0.6) is 5.88 Å². The molecule has 1 aromatic heterocycles. The van der Waals surface area contributed by atoms with Crippen LogP contribution in [-0.2, 0) is 11.2 Å². The topological polar surface area (TPSA) is 47.5 Å². The first kappa shape index (κ1) is 18.2. The molecule has 0 amide bonds. The number of rotatable bonds is 6. The van der Waals surface area contributed by atoms with Crippen LogP contribution in [0.2, 0.25) is 10.0 Å². The summed E-state index contributed by atoms with van der Waals surface area (Å²) in [6, 6.07) is 5.49. The van der Waals surface area contributed by atoms with Crippen LogP contribution in [0.1, 0.15) is 24.7 Å². The Morgan fingerprint density at radius 2 is 2.08 bits per heavy atom. The molecule has 1 atom stereocenters. The smallest absolute Gasteiger partial charge is 0.222 e. The van der Waals surface area contributed by atoms with Crippen molar-refractivity contribution in [2.45, 2.75) is 32.8 Å². The molecule has 0 saturated heterocycles. The molecule has 2 aromatic rings. The van der Waals surface area contributed by atoms with Crippen molar-refractivity contribution in [2.75, 3.05) is 25.2 Å². The zero-order chi connectivity index (χ0) is 18.0. The lowest BCUT2D eigenvalue weighted by Crippen LogP contribution is -2.22. The summed E-state index contributed by atoms with van der Waals surface area (Å²) in [5.74, 6) is 2.15.